The van der Waals surface area contributed by atoms with Gasteiger partial charge in [-0.25, -0.2) is 15.0 Å². The molecule has 3 aromatic heterocycles. The van der Waals surface area contributed by atoms with Crippen LogP contribution < -0.4 is 20.9 Å². The predicted molar refractivity (Wildman–Crippen MR) is 142 cm³/mol. The molecule has 37 heavy (non-hydrogen) atoms. The van der Waals surface area contributed by atoms with Gasteiger partial charge < -0.3 is 30.0 Å². The van der Waals surface area contributed by atoms with E-state index in [1.807, 2.05) is 19.1 Å². The zero-order chi connectivity index (χ0) is 24.9. The fourth-order valence-corrected chi connectivity index (χ4v) is 5.25. The van der Waals surface area contributed by atoms with Crippen molar-refractivity contribution in [3.63, 3.8) is 0 Å². The lowest BCUT2D eigenvalue weighted by molar-refractivity contribution is -0.117. The van der Waals surface area contributed by atoms with Gasteiger partial charge in [-0.15, -0.1) is 0 Å². The van der Waals surface area contributed by atoms with Crippen LogP contribution in [0.4, 0.5) is 17.3 Å². The number of ether oxygens (including phenoxy) is 1. The molecule has 4 aromatic rings. The molecule has 7 rings (SSSR count). The predicted octanol–water partition coefficient (Wildman–Crippen LogP) is 3.40. The van der Waals surface area contributed by atoms with E-state index in [4.69, 9.17) is 14.1 Å². The topological polar surface area (TPSA) is 117 Å². The number of amides is 1. The van der Waals surface area contributed by atoms with E-state index in [0.29, 0.717) is 17.3 Å². The summed E-state index contributed by atoms with van der Waals surface area (Å²) in [6.45, 7) is 6.21. The molecule has 2 unspecified atom stereocenters. The molecule has 2 aliphatic heterocycles. The van der Waals surface area contributed by atoms with Gasteiger partial charge in [-0.05, 0) is 44.0 Å². The maximum absolute atomic E-state index is 12.4. The van der Waals surface area contributed by atoms with Crippen LogP contribution in [0.1, 0.15) is 19.8 Å². The Labute approximate surface area is 213 Å². The van der Waals surface area contributed by atoms with Crippen molar-refractivity contribution in [2.24, 2.45) is 5.92 Å². The molecule has 1 saturated carbocycles. The minimum Gasteiger partial charge on any atom is -0.436 e. The summed E-state index contributed by atoms with van der Waals surface area (Å²) < 4.78 is 12.3. The highest BCUT2D eigenvalue weighted by Crippen LogP contribution is 2.36. The zero-order valence-electron chi connectivity index (χ0n) is 20.7. The summed E-state index contributed by atoms with van der Waals surface area (Å²) in [7, 11) is 0. The first-order valence-electron chi connectivity index (χ1n) is 13.0. The van der Waals surface area contributed by atoms with Crippen LogP contribution in [0.2, 0.25) is 0 Å². The van der Waals surface area contributed by atoms with Crippen molar-refractivity contribution in [1.29, 1.82) is 0 Å². The Kier molecular flexibility index (Phi) is 5.44. The average molecular weight is 500 g/mol. The highest BCUT2D eigenvalue weighted by atomic mass is 16.5. The average Bonchev–Trinajstić information content (AvgIpc) is 3.67. The van der Waals surface area contributed by atoms with Gasteiger partial charge >= 0.3 is 0 Å². The molecule has 0 radical (unpaired) electrons. The third-order valence-electron chi connectivity index (χ3n) is 7.26. The molecule has 2 bridgehead atoms. The van der Waals surface area contributed by atoms with E-state index < -0.39 is 0 Å². The third-order valence-corrected chi connectivity index (χ3v) is 7.26. The van der Waals surface area contributed by atoms with Gasteiger partial charge in [-0.1, -0.05) is 0 Å². The number of rotatable bonds is 6. The lowest BCUT2D eigenvalue weighted by atomic mass is 10.1. The van der Waals surface area contributed by atoms with E-state index >= 15 is 0 Å². The second kappa shape index (κ2) is 8.97. The quantitative estimate of drug-likeness (QED) is 0.367. The SMILES string of the molecule is CCNc1ncc(-c2nc3cc(N4CC5CNCC(C4)O5)ccc3o2)c2cc(NC(=O)C3CC3)ncc12. The van der Waals surface area contributed by atoms with Crippen LogP contribution in [0.15, 0.2) is 41.1 Å². The number of morpholine rings is 2. The first kappa shape index (κ1) is 22.4. The van der Waals surface area contributed by atoms with Gasteiger partial charge in [0.2, 0.25) is 11.8 Å². The lowest BCUT2D eigenvalue weighted by Gasteiger charge is -2.42. The first-order valence-corrected chi connectivity index (χ1v) is 13.0. The Bertz CT molecular complexity index is 1490. The molecule has 3 N–H and O–H groups in total. The number of hydrogen-bond donors (Lipinski definition) is 3. The van der Waals surface area contributed by atoms with Gasteiger partial charge in [0.05, 0.1) is 17.8 Å². The summed E-state index contributed by atoms with van der Waals surface area (Å²) in [5.74, 6) is 1.86. The largest absolute Gasteiger partial charge is 0.436 e. The zero-order valence-corrected chi connectivity index (χ0v) is 20.7. The summed E-state index contributed by atoms with van der Waals surface area (Å²) in [6, 6.07) is 8.04. The summed E-state index contributed by atoms with van der Waals surface area (Å²) in [5, 5.41) is 11.4. The number of carbonyl (C=O) groups is 1. The van der Waals surface area contributed by atoms with Gasteiger partial charge in [0, 0.05) is 67.5 Å². The molecule has 0 spiro atoms. The number of fused-ring (bicyclic) bond motifs is 4. The van der Waals surface area contributed by atoms with Crippen molar-refractivity contribution in [3.05, 3.63) is 36.7 Å². The number of hydrogen-bond acceptors (Lipinski definition) is 9. The molecule has 190 valence electrons. The second-order valence-electron chi connectivity index (χ2n) is 10.0. The van der Waals surface area contributed by atoms with E-state index in [-0.39, 0.29) is 24.0 Å². The molecule has 1 amide bonds. The van der Waals surface area contributed by atoms with Crippen LogP contribution in [0, 0.1) is 5.92 Å². The Morgan fingerprint density at radius 2 is 1.95 bits per heavy atom. The number of anilines is 3. The van der Waals surface area contributed by atoms with Crippen LogP contribution in [0.25, 0.3) is 33.3 Å². The third kappa shape index (κ3) is 4.25. The molecule has 5 heterocycles. The molecule has 3 aliphatic rings. The minimum absolute atomic E-state index is 0.0202. The number of nitrogens with one attached hydrogen (secondary N) is 3. The summed E-state index contributed by atoms with van der Waals surface area (Å²) in [6.07, 6.45) is 5.80. The standard InChI is InChI=1S/C27H29N7O3/c1-2-29-25-20-11-30-24(33-26(35)15-3-4-15)8-19(20)21(12-31-25)27-32-22-7-16(5-6-23(22)37-27)34-13-17-9-28-10-18(14-34)36-17/h5-8,11-12,15,17-18,28H,2-4,9-10,13-14H2,1H3,(H,29,31)(H,30,33,35). The Balaban J connectivity index is 1.26. The number of oxazole rings is 1. The molecule has 3 fully saturated rings. The van der Waals surface area contributed by atoms with Crippen LogP contribution >= 0.6 is 0 Å². The van der Waals surface area contributed by atoms with E-state index in [1.54, 1.807) is 12.4 Å². The van der Waals surface area contributed by atoms with Gasteiger partial charge in [0.1, 0.15) is 17.2 Å². The Morgan fingerprint density at radius 1 is 1.11 bits per heavy atom. The van der Waals surface area contributed by atoms with E-state index in [9.17, 15) is 4.79 Å². The van der Waals surface area contributed by atoms with Crippen LogP contribution in [0.3, 0.4) is 0 Å². The Hall–Kier alpha value is -3.76. The van der Waals surface area contributed by atoms with Gasteiger partial charge in [-0.3, -0.25) is 4.79 Å². The molecule has 10 heteroatoms. The molecule has 2 saturated heterocycles. The van der Waals surface area contributed by atoms with Crippen LogP contribution in [-0.2, 0) is 9.53 Å². The second-order valence-corrected chi connectivity index (χ2v) is 10.0. The monoisotopic (exact) mass is 499 g/mol. The van der Waals surface area contributed by atoms with E-state index in [2.05, 4.69) is 43.0 Å². The molecular weight excluding hydrogens is 470 g/mol. The van der Waals surface area contributed by atoms with Crippen molar-refractivity contribution < 1.29 is 13.9 Å². The number of carbonyl (C=O) groups excluding carboxylic acids is 1. The Morgan fingerprint density at radius 3 is 2.73 bits per heavy atom. The van der Waals surface area contributed by atoms with Gasteiger partial charge in [0.15, 0.2) is 5.58 Å². The number of nitrogens with zero attached hydrogens (tertiary/aromatic N) is 4. The van der Waals surface area contributed by atoms with E-state index in [1.165, 1.54) is 0 Å². The van der Waals surface area contributed by atoms with Crippen molar-refractivity contribution in [2.75, 3.05) is 48.3 Å². The van der Waals surface area contributed by atoms with E-state index in [0.717, 1.165) is 78.9 Å². The highest BCUT2D eigenvalue weighted by Gasteiger charge is 2.32. The van der Waals surface area contributed by atoms with Crippen LogP contribution in [0.5, 0.6) is 0 Å². The lowest BCUT2D eigenvalue weighted by Crippen LogP contribution is -2.58. The molecule has 1 aromatic carbocycles. The van der Waals surface area contributed by atoms with Crippen LogP contribution in [-0.4, -0.2) is 65.8 Å². The number of pyridine rings is 2. The summed E-state index contributed by atoms with van der Waals surface area (Å²) in [5.41, 5.74) is 3.38. The summed E-state index contributed by atoms with van der Waals surface area (Å²) >= 11 is 0. The molecule has 10 nitrogen and oxygen atoms in total. The fraction of sp³-hybridized carbons (Fsp3) is 0.407. The smallest absolute Gasteiger partial charge is 0.229 e. The maximum atomic E-state index is 12.4. The number of benzene rings is 1. The molecular formula is C27H29N7O3. The first-order chi connectivity index (χ1) is 18.1. The van der Waals surface area contributed by atoms with Crippen molar-refractivity contribution in [3.8, 4) is 11.5 Å². The fourth-order valence-electron chi connectivity index (χ4n) is 5.25. The number of aromatic nitrogens is 3. The van der Waals surface area contributed by atoms with Crippen molar-refractivity contribution in [1.82, 2.24) is 20.3 Å². The van der Waals surface area contributed by atoms with Crippen molar-refractivity contribution >= 4 is 45.1 Å². The van der Waals surface area contributed by atoms with Crippen molar-refractivity contribution in [2.45, 2.75) is 32.0 Å². The van der Waals surface area contributed by atoms with Gasteiger partial charge in [-0.2, -0.15) is 0 Å². The normalized spacial score (nSPS) is 21.4. The molecule has 2 atom stereocenters. The minimum atomic E-state index is 0.0202. The molecule has 1 aliphatic carbocycles. The maximum Gasteiger partial charge on any atom is 0.229 e. The van der Waals surface area contributed by atoms with Gasteiger partial charge in [0.25, 0.3) is 0 Å². The highest BCUT2D eigenvalue weighted by molar-refractivity contribution is 6.03. The summed E-state index contributed by atoms with van der Waals surface area (Å²) in [4.78, 5) is 28.7.